The molecule has 0 bridgehead atoms. The Morgan fingerprint density at radius 1 is 1.45 bits per heavy atom. The number of carboxylic acid groups (broad SMARTS) is 1. The molecule has 0 aliphatic carbocycles. The number of ether oxygens (including phenoxy) is 1. The van der Waals surface area contributed by atoms with Gasteiger partial charge in [-0.1, -0.05) is 12.1 Å². The number of hydrogen-bond acceptors (Lipinski definition) is 4. The molecule has 0 fully saturated rings. The van der Waals surface area contributed by atoms with Gasteiger partial charge in [-0.05, 0) is 24.6 Å². The van der Waals surface area contributed by atoms with Crippen molar-refractivity contribution in [1.29, 1.82) is 5.26 Å². The van der Waals surface area contributed by atoms with Crippen molar-refractivity contribution in [2.24, 2.45) is 7.05 Å². The predicted octanol–water partition coefficient (Wildman–Crippen LogP) is 2.29. The van der Waals surface area contributed by atoms with Gasteiger partial charge in [0, 0.05) is 7.05 Å². The van der Waals surface area contributed by atoms with E-state index in [9.17, 15) is 9.90 Å². The summed E-state index contributed by atoms with van der Waals surface area (Å²) in [5.74, 6) is -0.396. The highest BCUT2D eigenvalue weighted by atomic mass is 16.5. The Bertz CT molecular complexity index is 681. The molecule has 1 aromatic carbocycles. The molecule has 102 valence electrons. The molecule has 6 heteroatoms. The third-order valence-electron chi connectivity index (χ3n) is 2.80. The highest BCUT2D eigenvalue weighted by molar-refractivity contribution is 5.91. The molecule has 0 atom stereocenters. The Hall–Kier alpha value is -2.81. The maximum absolute atomic E-state index is 11.2. The summed E-state index contributed by atoms with van der Waals surface area (Å²) in [6, 6.07) is 8.98. The molecule has 1 aromatic heterocycles. The first kappa shape index (κ1) is 13.6. The molecule has 6 nitrogen and oxygen atoms in total. The minimum Gasteiger partial charge on any atom is -0.477 e. The zero-order chi connectivity index (χ0) is 14.7. The fraction of sp³-hybridized carbons (Fsp3) is 0.214. The summed E-state index contributed by atoms with van der Waals surface area (Å²) in [4.78, 5) is 11.2. The lowest BCUT2D eigenvalue weighted by molar-refractivity contribution is 0.0693. The van der Waals surface area contributed by atoms with E-state index < -0.39 is 5.97 Å². The van der Waals surface area contributed by atoms with Gasteiger partial charge in [0.2, 0.25) is 5.88 Å². The molecule has 1 heterocycles. The normalized spacial score (nSPS) is 10.1. The van der Waals surface area contributed by atoms with Crippen LogP contribution in [0.25, 0.3) is 0 Å². The van der Waals surface area contributed by atoms with Crippen molar-refractivity contribution >= 4 is 5.97 Å². The van der Waals surface area contributed by atoms with Crippen LogP contribution in [-0.4, -0.2) is 20.9 Å². The second-order valence-electron chi connectivity index (χ2n) is 4.28. The van der Waals surface area contributed by atoms with Crippen LogP contribution in [0.1, 0.15) is 21.6 Å². The van der Waals surface area contributed by atoms with Gasteiger partial charge in [-0.25, -0.2) is 9.48 Å². The van der Waals surface area contributed by atoms with Crippen molar-refractivity contribution in [3.63, 3.8) is 0 Å². The summed E-state index contributed by atoms with van der Waals surface area (Å²) in [6.45, 7) is 1.62. The second kappa shape index (κ2) is 5.45. The van der Waals surface area contributed by atoms with Crippen LogP contribution in [0.2, 0.25) is 0 Å². The summed E-state index contributed by atoms with van der Waals surface area (Å²) in [7, 11) is 1.62. The van der Waals surface area contributed by atoms with Gasteiger partial charge in [0.25, 0.3) is 0 Å². The van der Waals surface area contributed by atoms with E-state index >= 15 is 0 Å². The molecule has 2 rings (SSSR count). The number of aryl methyl sites for hydroxylation is 2. The zero-order valence-electron chi connectivity index (χ0n) is 11.1. The van der Waals surface area contributed by atoms with E-state index in [0.29, 0.717) is 17.9 Å². The van der Waals surface area contributed by atoms with Crippen LogP contribution in [0.3, 0.4) is 0 Å². The Balaban J connectivity index is 2.30. The van der Waals surface area contributed by atoms with Crippen molar-refractivity contribution in [2.45, 2.75) is 13.3 Å². The molecular formula is C14H13N3O3. The van der Waals surface area contributed by atoms with Crippen molar-refractivity contribution in [3.8, 4) is 17.7 Å². The van der Waals surface area contributed by atoms with Gasteiger partial charge in [0.1, 0.15) is 11.3 Å². The van der Waals surface area contributed by atoms with Crippen LogP contribution in [0.5, 0.6) is 11.6 Å². The maximum Gasteiger partial charge on any atom is 0.343 e. The highest BCUT2D eigenvalue weighted by Crippen LogP contribution is 2.27. The number of aromatic nitrogens is 2. The Morgan fingerprint density at radius 2 is 2.10 bits per heavy atom. The lowest BCUT2D eigenvalue weighted by Gasteiger charge is -2.07. The first-order valence-electron chi connectivity index (χ1n) is 5.93. The number of carboxylic acids is 1. The number of benzene rings is 1. The van der Waals surface area contributed by atoms with Crippen LogP contribution >= 0.6 is 0 Å². The van der Waals surface area contributed by atoms with E-state index in [1.54, 1.807) is 38.2 Å². The van der Waals surface area contributed by atoms with Crippen LogP contribution in [-0.2, 0) is 13.5 Å². The topological polar surface area (TPSA) is 88.1 Å². The quantitative estimate of drug-likeness (QED) is 0.921. The SMILES string of the molecule is Cc1nn(C)c(Oc2ccc(CC#N)cc2)c1C(=O)O. The van der Waals surface area contributed by atoms with Gasteiger partial charge in [-0.2, -0.15) is 10.4 Å². The van der Waals surface area contributed by atoms with Gasteiger partial charge < -0.3 is 9.84 Å². The smallest absolute Gasteiger partial charge is 0.343 e. The molecule has 0 unspecified atom stereocenters. The standard InChI is InChI=1S/C14H13N3O3/c1-9-12(14(18)19)13(17(2)16-9)20-11-5-3-10(4-6-11)7-8-15/h3-6H,7H2,1-2H3,(H,18,19). The van der Waals surface area contributed by atoms with E-state index in [4.69, 9.17) is 10.00 Å². The van der Waals surface area contributed by atoms with Gasteiger partial charge in [0.05, 0.1) is 18.2 Å². The predicted molar refractivity (Wildman–Crippen MR) is 70.7 cm³/mol. The molecule has 20 heavy (non-hydrogen) atoms. The van der Waals surface area contributed by atoms with Crippen molar-refractivity contribution in [2.75, 3.05) is 0 Å². The fourth-order valence-electron chi connectivity index (χ4n) is 1.88. The van der Waals surface area contributed by atoms with Crippen LogP contribution in [0, 0.1) is 18.3 Å². The van der Waals surface area contributed by atoms with E-state index in [0.717, 1.165) is 5.56 Å². The van der Waals surface area contributed by atoms with Crippen molar-refractivity contribution in [3.05, 3.63) is 41.1 Å². The first-order chi connectivity index (χ1) is 9.52. The lowest BCUT2D eigenvalue weighted by atomic mass is 10.2. The molecule has 0 saturated heterocycles. The monoisotopic (exact) mass is 271 g/mol. The Morgan fingerprint density at radius 3 is 2.65 bits per heavy atom. The molecule has 2 aromatic rings. The van der Waals surface area contributed by atoms with Crippen LogP contribution in [0.4, 0.5) is 0 Å². The lowest BCUT2D eigenvalue weighted by Crippen LogP contribution is -2.02. The van der Waals surface area contributed by atoms with Crippen molar-refractivity contribution in [1.82, 2.24) is 9.78 Å². The van der Waals surface area contributed by atoms with Gasteiger partial charge in [-0.3, -0.25) is 0 Å². The van der Waals surface area contributed by atoms with Crippen molar-refractivity contribution < 1.29 is 14.6 Å². The summed E-state index contributed by atoms with van der Waals surface area (Å²) in [5.41, 5.74) is 1.32. The molecule has 1 N–H and O–H groups in total. The largest absolute Gasteiger partial charge is 0.477 e. The fourth-order valence-corrected chi connectivity index (χ4v) is 1.88. The molecule has 0 aliphatic rings. The first-order valence-corrected chi connectivity index (χ1v) is 5.93. The second-order valence-corrected chi connectivity index (χ2v) is 4.28. The van der Waals surface area contributed by atoms with E-state index in [1.165, 1.54) is 4.68 Å². The van der Waals surface area contributed by atoms with Gasteiger partial charge in [-0.15, -0.1) is 0 Å². The summed E-state index contributed by atoms with van der Waals surface area (Å²) in [6.07, 6.45) is 0.325. The highest BCUT2D eigenvalue weighted by Gasteiger charge is 2.21. The minimum atomic E-state index is -1.08. The van der Waals surface area contributed by atoms with Crippen LogP contribution in [0.15, 0.2) is 24.3 Å². The molecule has 0 radical (unpaired) electrons. The Kier molecular flexibility index (Phi) is 3.71. The molecule has 0 saturated carbocycles. The molecular weight excluding hydrogens is 258 g/mol. The minimum absolute atomic E-state index is 0.0496. The number of aromatic carboxylic acids is 1. The Labute approximate surface area is 115 Å². The number of nitrogens with zero attached hydrogens (tertiary/aromatic N) is 3. The average molecular weight is 271 g/mol. The third-order valence-corrected chi connectivity index (χ3v) is 2.80. The van der Waals surface area contributed by atoms with E-state index in [1.807, 2.05) is 0 Å². The number of hydrogen-bond donors (Lipinski definition) is 1. The number of carbonyl (C=O) groups is 1. The van der Waals surface area contributed by atoms with Gasteiger partial charge >= 0.3 is 5.97 Å². The third kappa shape index (κ3) is 2.62. The molecule has 0 aliphatic heterocycles. The average Bonchev–Trinajstić information content (AvgIpc) is 2.67. The zero-order valence-corrected chi connectivity index (χ0v) is 11.1. The summed E-state index contributed by atoms with van der Waals surface area (Å²) in [5, 5.41) is 21.8. The summed E-state index contributed by atoms with van der Waals surface area (Å²) >= 11 is 0. The summed E-state index contributed by atoms with van der Waals surface area (Å²) < 4.78 is 6.98. The molecule has 0 amide bonds. The van der Waals surface area contributed by atoms with E-state index in [-0.39, 0.29) is 11.4 Å². The van der Waals surface area contributed by atoms with E-state index in [2.05, 4.69) is 11.2 Å². The number of nitriles is 1. The van der Waals surface area contributed by atoms with Gasteiger partial charge in [0.15, 0.2) is 0 Å². The molecule has 0 spiro atoms. The van der Waals surface area contributed by atoms with Crippen LogP contribution < -0.4 is 4.74 Å². The maximum atomic E-state index is 11.2. The number of rotatable bonds is 4.